The molecule has 0 spiro atoms. The van der Waals surface area contributed by atoms with Gasteiger partial charge in [-0.25, -0.2) is 4.79 Å². The van der Waals surface area contributed by atoms with Crippen LogP contribution in [0.2, 0.25) is 0 Å². The lowest BCUT2D eigenvalue weighted by atomic mass is 9.84. The quantitative estimate of drug-likeness (QED) is 0.769. The molecular formula is C15H28N2O2. The van der Waals surface area contributed by atoms with Gasteiger partial charge in [0.25, 0.3) is 0 Å². The molecule has 0 aromatic carbocycles. The maximum absolute atomic E-state index is 12.0. The molecule has 110 valence electrons. The second-order valence-electron chi connectivity index (χ2n) is 6.90. The molecular weight excluding hydrogens is 240 g/mol. The zero-order valence-corrected chi connectivity index (χ0v) is 12.5. The number of hydrogen-bond donors (Lipinski definition) is 2. The van der Waals surface area contributed by atoms with Crippen LogP contribution in [0.5, 0.6) is 0 Å². The van der Waals surface area contributed by atoms with E-state index >= 15 is 0 Å². The van der Waals surface area contributed by atoms with E-state index in [2.05, 4.69) is 10.6 Å². The molecule has 0 aromatic heterocycles. The van der Waals surface area contributed by atoms with Crippen LogP contribution in [0.1, 0.15) is 59.3 Å². The summed E-state index contributed by atoms with van der Waals surface area (Å²) in [6.07, 6.45) is 6.98. The van der Waals surface area contributed by atoms with E-state index in [-0.39, 0.29) is 12.1 Å². The molecule has 2 N–H and O–H groups in total. The van der Waals surface area contributed by atoms with Gasteiger partial charge in [0, 0.05) is 12.1 Å². The number of carbonyl (C=O) groups is 1. The zero-order chi connectivity index (χ0) is 13.9. The van der Waals surface area contributed by atoms with Crippen LogP contribution < -0.4 is 10.6 Å². The highest BCUT2D eigenvalue weighted by Gasteiger charge is 2.34. The summed E-state index contributed by atoms with van der Waals surface area (Å²) in [6.45, 7) is 6.85. The molecule has 3 unspecified atom stereocenters. The van der Waals surface area contributed by atoms with Crippen LogP contribution in [0, 0.1) is 5.92 Å². The van der Waals surface area contributed by atoms with Gasteiger partial charge in [0.2, 0.25) is 0 Å². The largest absolute Gasteiger partial charge is 0.444 e. The van der Waals surface area contributed by atoms with E-state index in [1.54, 1.807) is 0 Å². The maximum Gasteiger partial charge on any atom is 0.407 e. The molecule has 2 fully saturated rings. The predicted molar refractivity (Wildman–Crippen MR) is 76.1 cm³/mol. The standard InChI is InChI=1S/C15H28N2O2/c1-15(2,3)19-14(18)17-13-9-5-4-8-12-11(13)7-6-10-16-12/h11-13,16H,4-10H2,1-3H3,(H,17,18). The molecule has 1 heterocycles. The average Bonchev–Trinajstić information content (AvgIpc) is 2.50. The summed E-state index contributed by atoms with van der Waals surface area (Å²) in [5.74, 6) is 0.573. The molecule has 1 aliphatic carbocycles. The SMILES string of the molecule is CC(C)(C)OC(=O)NC1CCCCC2NCCCC21. The van der Waals surface area contributed by atoms with Crippen LogP contribution >= 0.6 is 0 Å². The molecule has 0 radical (unpaired) electrons. The summed E-state index contributed by atoms with van der Waals surface area (Å²) in [5.41, 5.74) is -0.418. The highest BCUT2D eigenvalue weighted by molar-refractivity contribution is 5.68. The van der Waals surface area contributed by atoms with Crippen molar-refractivity contribution >= 4 is 6.09 Å². The van der Waals surface area contributed by atoms with Crippen molar-refractivity contribution in [2.24, 2.45) is 5.92 Å². The number of carbonyl (C=O) groups excluding carboxylic acids is 1. The summed E-state index contributed by atoms with van der Waals surface area (Å²) in [4.78, 5) is 12.0. The molecule has 4 nitrogen and oxygen atoms in total. The Balaban J connectivity index is 1.94. The third-order valence-electron chi connectivity index (χ3n) is 4.14. The van der Waals surface area contributed by atoms with Crippen LogP contribution in [-0.4, -0.2) is 30.3 Å². The number of rotatable bonds is 1. The fraction of sp³-hybridized carbons (Fsp3) is 0.933. The second-order valence-corrected chi connectivity index (χ2v) is 6.90. The highest BCUT2D eigenvalue weighted by atomic mass is 16.6. The summed E-state index contributed by atoms with van der Waals surface area (Å²) in [6, 6.07) is 0.853. The van der Waals surface area contributed by atoms with Crippen molar-refractivity contribution in [2.75, 3.05) is 6.54 Å². The van der Waals surface area contributed by atoms with Crippen LogP contribution in [0.25, 0.3) is 0 Å². The highest BCUT2D eigenvalue weighted by Crippen LogP contribution is 2.30. The van der Waals surface area contributed by atoms with Gasteiger partial charge in [-0.2, -0.15) is 0 Å². The molecule has 19 heavy (non-hydrogen) atoms. The minimum Gasteiger partial charge on any atom is -0.444 e. The van der Waals surface area contributed by atoms with E-state index in [0.29, 0.717) is 12.0 Å². The Hall–Kier alpha value is -0.770. The molecule has 1 amide bonds. The molecule has 2 rings (SSSR count). The molecule has 2 aliphatic rings. The Morgan fingerprint density at radius 2 is 1.89 bits per heavy atom. The Morgan fingerprint density at radius 1 is 1.16 bits per heavy atom. The minimum atomic E-state index is -0.418. The minimum absolute atomic E-state index is 0.260. The van der Waals surface area contributed by atoms with E-state index in [0.717, 1.165) is 13.0 Å². The van der Waals surface area contributed by atoms with Crippen molar-refractivity contribution in [3.05, 3.63) is 0 Å². The van der Waals surface area contributed by atoms with Gasteiger partial charge in [-0.05, 0) is 58.9 Å². The van der Waals surface area contributed by atoms with Gasteiger partial charge in [0.1, 0.15) is 5.60 Å². The van der Waals surface area contributed by atoms with Gasteiger partial charge >= 0.3 is 6.09 Å². The lowest BCUT2D eigenvalue weighted by Gasteiger charge is -2.36. The molecule has 1 saturated carbocycles. The van der Waals surface area contributed by atoms with Crippen LogP contribution in [0.4, 0.5) is 4.79 Å². The Morgan fingerprint density at radius 3 is 2.63 bits per heavy atom. The zero-order valence-electron chi connectivity index (χ0n) is 12.5. The Labute approximate surface area is 116 Å². The van der Waals surface area contributed by atoms with Crippen molar-refractivity contribution in [1.82, 2.24) is 10.6 Å². The van der Waals surface area contributed by atoms with Crippen LogP contribution in [-0.2, 0) is 4.74 Å². The van der Waals surface area contributed by atoms with E-state index in [1.165, 1.54) is 32.1 Å². The van der Waals surface area contributed by atoms with E-state index in [9.17, 15) is 4.79 Å². The normalized spacial score (nSPS) is 32.1. The lowest BCUT2D eigenvalue weighted by molar-refractivity contribution is 0.0468. The average molecular weight is 268 g/mol. The first-order chi connectivity index (χ1) is 8.96. The van der Waals surface area contributed by atoms with Gasteiger partial charge < -0.3 is 15.4 Å². The van der Waals surface area contributed by atoms with E-state index in [4.69, 9.17) is 4.74 Å². The third kappa shape index (κ3) is 4.37. The summed E-state index contributed by atoms with van der Waals surface area (Å²) < 4.78 is 5.39. The fourth-order valence-electron chi connectivity index (χ4n) is 3.36. The number of piperidine rings is 1. The number of hydrogen-bond acceptors (Lipinski definition) is 3. The molecule has 3 atom stereocenters. The molecule has 1 aliphatic heterocycles. The smallest absolute Gasteiger partial charge is 0.407 e. The molecule has 4 heteroatoms. The maximum atomic E-state index is 12.0. The molecule has 1 saturated heterocycles. The lowest BCUT2D eigenvalue weighted by Crippen LogP contribution is -2.51. The van der Waals surface area contributed by atoms with Gasteiger partial charge in [0.05, 0.1) is 0 Å². The second kappa shape index (κ2) is 6.12. The Bertz CT molecular complexity index is 312. The van der Waals surface area contributed by atoms with E-state index in [1.807, 2.05) is 20.8 Å². The van der Waals surface area contributed by atoms with Gasteiger partial charge in [-0.15, -0.1) is 0 Å². The number of alkyl carbamates (subject to hydrolysis) is 1. The van der Waals surface area contributed by atoms with Gasteiger partial charge in [0.15, 0.2) is 0 Å². The van der Waals surface area contributed by atoms with Crippen molar-refractivity contribution in [2.45, 2.75) is 77.0 Å². The summed E-state index contributed by atoms with van der Waals surface area (Å²) in [5, 5.41) is 6.73. The first-order valence-corrected chi connectivity index (χ1v) is 7.68. The third-order valence-corrected chi connectivity index (χ3v) is 4.14. The summed E-state index contributed by atoms with van der Waals surface area (Å²) in [7, 11) is 0. The van der Waals surface area contributed by atoms with Gasteiger partial charge in [-0.1, -0.05) is 12.8 Å². The topological polar surface area (TPSA) is 50.4 Å². The first kappa shape index (κ1) is 14.6. The number of amides is 1. The summed E-state index contributed by atoms with van der Waals surface area (Å²) >= 11 is 0. The van der Waals surface area contributed by atoms with Crippen LogP contribution in [0.3, 0.4) is 0 Å². The van der Waals surface area contributed by atoms with Crippen molar-refractivity contribution in [3.63, 3.8) is 0 Å². The van der Waals surface area contributed by atoms with Gasteiger partial charge in [-0.3, -0.25) is 0 Å². The van der Waals surface area contributed by atoms with Crippen molar-refractivity contribution in [1.29, 1.82) is 0 Å². The number of nitrogens with one attached hydrogen (secondary N) is 2. The molecule has 0 aromatic rings. The monoisotopic (exact) mass is 268 g/mol. The predicted octanol–water partition coefficient (Wildman–Crippen LogP) is 2.82. The van der Waals surface area contributed by atoms with E-state index < -0.39 is 5.60 Å². The number of ether oxygens (including phenoxy) is 1. The molecule has 0 bridgehead atoms. The van der Waals surface area contributed by atoms with Crippen molar-refractivity contribution < 1.29 is 9.53 Å². The first-order valence-electron chi connectivity index (χ1n) is 7.68. The number of fused-ring (bicyclic) bond motifs is 1. The fourth-order valence-corrected chi connectivity index (χ4v) is 3.36. The Kier molecular flexibility index (Phi) is 4.71. The van der Waals surface area contributed by atoms with Crippen LogP contribution in [0.15, 0.2) is 0 Å². The van der Waals surface area contributed by atoms with Crippen molar-refractivity contribution in [3.8, 4) is 0 Å².